The van der Waals surface area contributed by atoms with Crippen molar-refractivity contribution in [2.75, 3.05) is 6.61 Å². The van der Waals surface area contributed by atoms with Gasteiger partial charge in [-0.2, -0.15) is 0 Å². The van der Waals surface area contributed by atoms with Crippen molar-refractivity contribution >= 4 is 5.91 Å². The highest BCUT2D eigenvalue weighted by Gasteiger charge is 2.26. The third-order valence-electron chi connectivity index (χ3n) is 4.08. The van der Waals surface area contributed by atoms with E-state index in [9.17, 15) is 14.3 Å². The molecule has 2 rings (SSSR count). The molecule has 0 spiro atoms. The van der Waals surface area contributed by atoms with Gasteiger partial charge in [0.05, 0.1) is 0 Å². The van der Waals surface area contributed by atoms with Crippen molar-refractivity contribution in [1.29, 1.82) is 0 Å². The summed E-state index contributed by atoms with van der Waals surface area (Å²) in [5, 5.41) is 23.4. The van der Waals surface area contributed by atoms with Gasteiger partial charge >= 0.3 is 0 Å². The van der Waals surface area contributed by atoms with Crippen molar-refractivity contribution in [1.82, 2.24) is 25.5 Å². The van der Waals surface area contributed by atoms with Crippen LogP contribution < -0.4 is 5.32 Å². The Balaban J connectivity index is 2.23. The van der Waals surface area contributed by atoms with Crippen LogP contribution in [0.3, 0.4) is 0 Å². The molecule has 0 bridgehead atoms. The van der Waals surface area contributed by atoms with Gasteiger partial charge < -0.3 is 10.4 Å². The number of tetrazole rings is 1. The summed E-state index contributed by atoms with van der Waals surface area (Å²) in [7, 11) is 0. The Labute approximate surface area is 139 Å². The van der Waals surface area contributed by atoms with E-state index in [0.29, 0.717) is 11.4 Å². The lowest BCUT2D eigenvalue weighted by atomic mass is 10.0. The fourth-order valence-corrected chi connectivity index (χ4v) is 2.32. The number of halogens is 1. The fraction of sp³-hybridized carbons (Fsp3) is 0.500. The molecule has 2 N–H and O–H groups in total. The van der Waals surface area contributed by atoms with Crippen molar-refractivity contribution < 1.29 is 14.3 Å². The van der Waals surface area contributed by atoms with Crippen LogP contribution in [-0.4, -0.2) is 43.9 Å². The van der Waals surface area contributed by atoms with Crippen molar-refractivity contribution in [3.05, 3.63) is 41.5 Å². The molecule has 2 aromatic rings. The summed E-state index contributed by atoms with van der Waals surface area (Å²) in [5.74, 6) is -0.224. The highest BCUT2D eigenvalue weighted by atomic mass is 19.1. The predicted molar refractivity (Wildman–Crippen MR) is 85.5 cm³/mol. The van der Waals surface area contributed by atoms with E-state index in [1.165, 1.54) is 16.8 Å². The second-order valence-corrected chi connectivity index (χ2v) is 5.98. The zero-order valence-corrected chi connectivity index (χ0v) is 14.0. The number of aryl methyl sites for hydroxylation is 1. The number of amides is 1. The highest BCUT2D eigenvalue weighted by Crippen LogP contribution is 2.17. The molecular weight excluding hydrogens is 313 g/mol. The Morgan fingerprint density at radius 2 is 2.17 bits per heavy atom. The van der Waals surface area contributed by atoms with E-state index in [2.05, 4.69) is 20.8 Å². The molecule has 1 aromatic carbocycles. The number of nitrogens with zero attached hydrogens (tertiary/aromatic N) is 4. The van der Waals surface area contributed by atoms with E-state index < -0.39 is 6.04 Å². The van der Waals surface area contributed by atoms with Crippen LogP contribution in [0.1, 0.15) is 31.3 Å². The van der Waals surface area contributed by atoms with Crippen LogP contribution in [0.2, 0.25) is 0 Å². The molecular formula is C16H22FN5O2. The number of hydrogen-bond acceptors (Lipinski definition) is 5. The first-order valence-corrected chi connectivity index (χ1v) is 7.82. The Morgan fingerprint density at radius 3 is 2.75 bits per heavy atom. The molecule has 0 aliphatic carbocycles. The van der Waals surface area contributed by atoms with Crippen LogP contribution in [0.4, 0.5) is 4.39 Å². The maximum Gasteiger partial charge on any atom is 0.245 e. The molecule has 0 fully saturated rings. The van der Waals surface area contributed by atoms with E-state index in [1.807, 2.05) is 13.8 Å². The predicted octanol–water partition coefficient (Wildman–Crippen LogP) is 1.04. The summed E-state index contributed by atoms with van der Waals surface area (Å²) in [5.41, 5.74) is 0.674. The normalized spacial score (nSPS) is 14.9. The number of aromatic nitrogens is 4. The number of rotatable bonds is 7. The third kappa shape index (κ3) is 4.35. The first-order valence-electron chi connectivity index (χ1n) is 7.82. The summed E-state index contributed by atoms with van der Waals surface area (Å²) in [6.45, 7) is 5.34. The monoisotopic (exact) mass is 335 g/mol. The molecule has 24 heavy (non-hydrogen) atoms. The molecule has 1 amide bonds. The lowest BCUT2D eigenvalue weighted by Crippen LogP contribution is -2.43. The van der Waals surface area contributed by atoms with E-state index in [-0.39, 0.29) is 36.7 Å². The number of aliphatic hydroxyl groups is 1. The number of aliphatic hydroxyl groups excluding tert-OH is 1. The standard InChI is InChI=1S/C16H22FN5O2/c1-10(9-23)11(2)18-16(24)15(22-12(3)19-20-21-22)8-13-5-4-6-14(17)7-13/h4-7,10-11,15,23H,8-9H2,1-3H3,(H,18,24). The maximum atomic E-state index is 13.4. The van der Waals surface area contributed by atoms with Crippen LogP contribution >= 0.6 is 0 Å². The van der Waals surface area contributed by atoms with Gasteiger partial charge in [0.1, 0.15) is 17.7 Å². The van der Waals surface area contributed by atoms with Crippen molar-refractivity contribution in [3.63, 3.8) is 0 Å². The number of carbonyl (C=O) groups is 1. The Bertz CT molecular complexity index is 691. The first-order chi connectivity index (χ1) is 11.4. The van der Waals surface area contributed by atoms with Gasteiger partial charge in [0.2, 0.25) is 5.91 Å². The van der Waals surface area contributed by atoms with Crippen molar-refractivity contribution in [2.45, 2.75) is 39.3 Å². The molecule has 8 heteroatoms. The molecule has 3 unspecified atom stereocenters. The average Bonchev–Trinajstić information content (AvgIpc) is 2.97. The first kappa shape index (κ1) is 18.0. The van der Waals surface area contributed by atoms with Gasteiger partial charge in [-0.3, -0.25) is 4.79 Å². The zero-order chi connectivity index (χ0) is 17.7. The van der Waals surface area contributed by atoms with E-state index >= 15 is 0 Å². The second-order valence-electron chi connectivity index (χ2n) is 5.98. The maximum absolute atomic E-state index is 13.4. The molecule has 0 saturated carbocycles. The molecule has 0 saturated heterocycles. The average molecular weight is 335 g/mol. The minimum atomic E-state index is -0.699. The topological polar surface area (TPSA) is 92.9 Å². The summed E-state index contributed by atoms with van der Waals surface area (Å²) in [4.78, 5) is 12.7. The van der Waals surface area contributed by atoms with Gasteiger partial charge in [0.15, 0.2) is 0 Å². The van der Waals surface area contributed by atoms with Gasteiger partial charge in [-0.15, -0.1) is 5.10 Å². The minimum absolute atomic E-state index is 0.0279. The molecule has 130 valence electrons. The van der Waals surface area contributed by atoms with Crippen LogP contribution in [0.5, 0.6) is 0 Å². The minimum Gasteiger partial charge on any atom is -0.396 e. The van der Waals surface area contributed by atoms with E-state index in [0.717, 1.165) is 0 Å². The number of benzene rings is 1. The lowest BCUT2D eigenvalue weighted by Gasteiger charge is -2.23. The summed E-state index contributed by atoms with van der Waals surface area (Å²) in [6.07, 6.45) is 0.260. The Kier molecular flexibility index (Phi) is 5.97. The van der Waals surface area contributed by atoms with E-state index in [1.54, 1.807) is 19.1 Å². The largest absolute Gasteiger partial charge is 0.396 e. The second kappa shape index (κ2) is 7.96. The quantitative estimate of drug-likeness (QED) is 0.788. The van der Waals surface area contributed by atoms with Crippen LogP contribution in [0.15, 0.2) is 24.3 Å². The number of carbonyl (C=O) groups excluding carboxylic acids is 1. The van der Waals surface area contributed by atoms with Gasteiger partial charge in [-0.25, -0.2) is 9.07 Å². The fourth-order valence-electron chi connectivity index (χ4n) is 2.32. The Hall–Kier alpha value is -2.35. The van der Waals surface area contributed by atoms with Gasteiger partial charge in [-0.1, -0.05) is 19.1 Å². The molecule has 1 heterocycles. The SMILES string of the molecule is Cc1nnnn1C(Cc1cccc(F)c1)C(=O)NC(C)C(C)CO. The van der Waals surface area contributed by atoms with Crippen molar-refractivity contribution in [3.8, 4) is 0 Å². The van der Waals surface area contributed by atoms with E-state index in [4.69, 9.17) is 0 Å². The summed E-state index contributed by atoms with van der Waals surface area (Å²) >= 11 is 0. The number of nitrogens with one attached hydrogen (secondary N) is 1. The van der Waals surface area contributed by atoms with Crippen LogP contribution in [-0.2, 0) is 11.2 Å². The zero-order valence-electron chi connectivity index (χ0n) is 14.0. The lowest BCUT2D eigenvalue weighted by molar-refractivity contribution is -0.125. The van der Waals surface area contributed by atoms with Gasteiger partial charge in [0.25, 0.3) is 0 Å². The van der Waals surface area contributed by atoms with Crippen molar-refractivity contribution in [2.24, 2.45) is 5.92 Å². The third-order valence-corrected chi connectivity index (χ3v) is 4.08. The smallest absolute Gasteiger partial charge is 0.245 e. The van der Waals surface area contributed by atoms with Crippen LogP contribution in [0, 0.1) is 18.7 Å². The molecule has 1 aromatic heterocycles. The molecule has 3 atom stereocenters. The van der Waals surface area contributed by atoms with Crippen LogP contribution in [0.25, 0.3) is 0 Å². The number of hydrogen-bond donors (Lipinski definition) is 2. The van der Waals surface area contributed by atoms with Gasteiger partial charge in [-0.05, 0) is 47.9 Å². The summed E-state index contributed by atoms with van der Waals surface area (Å²) < 4.78 is 14.9. The Morgan fingerprint density at radius 1 is 1.42 bits per heavy atom. The highest BCUT2D eigenvalue weighted by molar-refractivity contribution is 5.80. The molecule has 0 aliphatic heterocycles. The van der Waals surface area contributed by atoms with Gasteiger partial charge in [0, 0.05) is 19.1 Å². The summed E-state index contributed by atoms with van der Waals surface area (Å²) in [6, 6.07) is 5.18. The molecule has 0 aliphatic rings. The molecule has 0 radical (unpaired) electrons. The molecule has 7 nitrogen and oxygen atoms in total.